The summed E-state index contributed by atoms with van der Waals surface area (Å²) < 4.78 is 36.8. The highest BCUT2D eigenvalue weighted by Gasteiger charge is 2.35. The van der Waals surface area contributed by atoms with Gasteiger partial charge in [-0.2, -0.15) is 5.09 Å². The molecule has 2 aromatic carbocycles. The van der Waals surface area contributed by atoms with Crippen molar-refractivity contribution in [1.29, 1.82) is 0 Å². The second-order valence-electron chi connectivity index (χ2n) is 13.9. The Bertz CT molecular complexity index is 1720. The van der Waals surface area contributed by atoms with E-state index in [4.69, 9.17) is 18.5 Å². The zero-order valence-corrected chi connectivity index (χ0v) is 30.1. The molecule has 48 heavy (non-hydrogen) atoms. The van der Waals surface area contributed by atoms with Crippen molar-refractivity contribution in [3.05, 3.63) is 69.5 Å². The van der Waals surface area contributed by atoms with Gasteiger partial charge in [-0.05, 0) is 48.4 Å². The molecule has 0 spiro atoms. The Morgan fingerprint density at radius 2 is 1.71 bits per heavy atom. The fraction of sp³-hybridized carbons (Fsp3) is 0.514. The first-order valence-corrected chi connectivity index (χ1v) is 17.9. The van der Waals surface area contributed by atoms with Gasteiger partial charge in [-0.3, -0.25) is 23.8 Å². The van der Waals surface area contributed by atoms with Gasteiger partial charge in [0.25, 0.3) is 5.91 Å². The van der Waals surface area contributed by atoms with Gasteiger partial charge in [0.1, 0.15) is 24.0 Å². The van der Waals surface area contributed by atoms with Gasteiger partial charge in [-0.25, -0.2) is 4.57 Å². The Kier molecular flexibility index (Phi) is 11.9. The van der Waals surface area contributed by atoms with Crippen LogP contribution in [0, 0.1) is 0 Å². The number of carbonyl (C=O) groups excluding carboxylic acids is 2. The molecule has 1 saturated heterocycles. The fourth-order valence-corrected chi connectivity index (χ4v) is 6.91. The highest BCUT2D eigenvalue weighted by Crippen LogP contribution is 2.49. The van der Waals surface area contributed by atoms with Crippen molar-refractivity contribution in [2.75, 3.05) is 51.4 Å². The van der Waals surface area contributed by atoms with Crippen molar-refractivity contribution < 1.29 is 32.7 Å². The van der Waals surface area contributed by atoms with E-state index in [2.05, 4.69) is 20.3 Å². The summed E-state index contributed by atoms with van der Waals surface area (Å²) in [5.74, 6) is -1.02. The average Bonchev–Trinajstić information content (AvgIpc) is 3.00. The highest BCUT2D eigenvalue weighted by atomic mass is 31.2. The van der Waals surface area contributed by atoms with Crippen molar-refractivity contribution in [1.82, 2.24) is 15.0 Å². The molecule has 1 aliphatic rings. The summed E-state index contributed by atoms with van der Waals surface area (Å²) in [6, 6.07) is 9.47. The number of rotatable bonds is 12. The number of aromatic nitrogens is 1. The number of H-pyrrole nitrogens is 1. The number of nitrogens with zero attached hydrogens (tertiary/aromatic N) is 1. The lowest BCUT2D eigenvalue weighted by molar-refractivity contribution is -0.146. The topological polar surface area (TPSA) is 148 Å². The predicted molar refractivity (Wildman–Crippen MR) is 187 cm³/mol. The summed E-state index contributed by atoms with van der Waals surface area (Å²) in [6.45, 7) is 18.8. The van der Waals surface area contributed by atoms with Crippen LogP contribution in [-0.4, -0.2) is 73.9 Å². The number of fused-ring (bicyclic) bond motifs is 1. The smallest absolute Gasteiger partial charge is 0.459 e. The third-order valence-electron chi connectivity index (χ3n) is 8.00. The van der Waals surface area contributed by atoms with E-state index in [1.807, 2.05) is 47.6 Å². The lowest BCUT2D eigenvalue weighted by Crippen LogP contribution is -2.40. The van der Waals surface area contributed by atoms with E-state index in [1.165, 1.54) is 13.1 Å². The third kappa shape index (κ3) is 9.33. The summed E-state index contributed by atoms with van der Waals surface area (Å²) >= 11 is 0. The first kappa shape index (κ1) is 37.3. The number of para-hydroxylation sites is 1. The first-order valence-electron chi connectivity index (χ1n) is 16.3. The number of aromatic amines is 1. The number of carbonyl (C=O) groups is 2. The van der Waals surface area contributed by atoms with E-state index in [-0.39, 0.29) is 24.5 Å². The van der Waals surface area contributed by atoms with E-state index < -0.39 is 41.9 Å². The number of nitrogens with one attached hydrogen (secondary N) is 3. The first-order chi connectivity index (χ1) is 22.5. The number of anilines is 1. The van der Waals surface area contributed by atoms with Crippen molar-refractivity contribution in [3.63, 3.8) is 0 Å². The van der Waals surface area contributed by atoms with E-state index >= 15 is 0 Å². The summed E-state index contributed by atoms with van der Waals surface area (Å²) in [5, 5.41) is 6.04. The van der Waals surface area contributed by atoms with Crippen LogP contribution >= 0.6 is 7.75 Å². The number of hydrogen-bond donors (Lipinski definition) is 3. The van der Waals surface area contributed by atoms with Crippen molar-refractivity contribution in [2.24, 2.45) is 0 Å². The fourth-order valence-electron chi connectivity index (χ4n) is 5.40. The van der Waals surface area contributed by atoms with Crippen LogP contribution in [0.2, 0.25) is 0 Å². The quantitative estimate of drug-likeness (QED) is 0.159. The van der Waals surface area contributed by atoms with Crippen molar-refractivity contribution >= 4 is 36.2 Å². The van der Waals surface area contributed by atoms with Crippen LogP contribution in [0.3, 0.4) is 0 Å². The highest BCUT2D eigenvalue weighted by molar-refractivity contribution is 7.52. The molecule has 0 radical (unpaired) electrons. The van der Waals surface area contributed by atoms with E-state index in [1.54, 1.807) is 37.3 Å². The van der Waals surface area contributed by atoms with Crippen LogP contribution in [0.25, 0.3) is 10.9 Å². The number of hydrogen-bond acceptors (Lipinski definition) is 9. The van der Waals surface area contributed by atoms with Crippen molar-refractivity contribution in [3.8, 4) is 5.75 Å². The molecule has 1 fully saturated rings. The van der Waals surface area contributed by atoms with Gasteiger partial charge in [0.05, 0.1) is 19.8 Å². The zero-order chi connectivity index (χ0) is 35.3. The van der Waals surface area contributed by atoms with Gasteiger partial charge in [0.2, 0.25) is 5.43 Å². The van der Waals surface area contributed by atoms with Crippen LogP contribution in [0.5, 0.6) is 5.75 Å². The van der Waals surface area contributed by atoms with Gasteiger partial charge in [-0.1, -0.05) is 53.7 Å². The Morgan fingerprint density at radius 1 is 1.04 bits per heavy atom. The molecule has 4 rings (SSSR count). The van der Waals surface area contributed by atoms with Crippen LogP contribution in [0.4, 0.5) is 5.69 Å². The lowest BCUT2D eigenvalue weighted by Gasteiger charge is -2.31. The normalized spacial score (nSPS) is 16.2. The molecule has 0 unspecified atom stereocenters. The molecule has 0 saturated carbocycles. The molecular formula is C35H49N4O8P. The van der Waals surface area contributed by atoms with Crippen LogP contribution in [-0.2, 0) is 34.2 Å². The molecule has 0 bridgehead atoms. The molecule has 262 valence electrons. The summed E-state index contributed by atoms with van der Waals surface area (Å²) in [4.78, 5) is 44.9. The summed E-state index contributed by atoms with van der Waals surface area (Å²) in [5.41, 5.74) is 1.08. The predicted octanol–water partition coefficient (Wildman–Crippen LogP) is 5.75. The minimum absolute atomic E-state index is 0.0301. The summed E-state index contributed by atoms with van der Waals surface area (Å²) in [6.07, 6.45) is 1.40. The number of benzene rings is 2. The molecule has 1 aromatic heterocycles. The van der Waals surface area contributed by atoms with E-state index in [9.17, 15) is 18.9 Å². The maximum atomic E-state index is 14.2. The Hall–Kier alpha value is -3.54. The summed E-state index contributed by atoms with van der Waals surface area (Å²) in [7, 11) is -4.15. The SMILES string of the molecule is CCO[P@@](=O)(N[C@@H](C)C(=O)OCCN1CCOCC1)Oc1cc(NC(=O)c2c[nH]c3ccccc3c2=O)c(C(C)(C)C)cc1C(C)(C)C. The largest absolute Gasteiger partial charge is 0.463 e. The van der Waals surface area contributed by atoms with E-state index in [0.29, 0.717) is 41.9 Å². The molecule has 2 atom stereocenters. The Balaban J connectivity index is 1.64. The number of esters is 1. The number of pyridine rings is 1. The molecule has 1 aliphatic heterocycles. The minimum Gasteiger partial charge on any atom is -0.463 e. The van der Waals surface area contributed by atoms with E-state index in [0.717, 1.165) is 18.7 Å². The van der Waals surface area contributed by atoms with Crippen LogP contribution in [0.1, 0.15) is 76.9 Å². The third-order valence-corrected chi connectivity index (χ3v) is 9.73. The molecule has 3 N–H and O–H groups in total. The van der Waals surface area contributed by atoms with Crippen LogP contribution < -0.4 is 20.4 Å². The second-order valence-corrected chi connectivity index (χ2v) is 15.6. The lowest BCUT2D eigenvalue weighted by atomic mass is 9.79. The molecule has 2 heterocycles. The van der Waals surface area contributed by atoms with Crippen molar-refractivity contribution in [2.45, 2.75) is 72.3 Å². The molecule has 13 heteroatoms. The maximum absolute atomic E-state index is 14.2. The monoisotopic (exact) mass is 684 g/mol. The molecular weight excluding hydrogens is 635 g/mol. The molecule has 1 amide bonds. The Labute approximate surface area is 282 Å². The van der Waals surface area contributed by atoms with Gasteiger partial charge in [-0.15, -0.1) is 0 Å². The minimum atomic E-state index is -4.15. The number of ether oxygens (including phenoxy) is 2. The van der Waals surface area contributed by atoms with Gasteiger partial charge < -0.3 is 24.3 Å². The number of amides is 1. The van der Waals surface area contributed by atoms with Gasteiger partial charge >= 0.3 is 13.7 Å². The molecule has 0 aliphatic carbocycles. The Morgan fingerprint density at radius 3 is 2.35 bits per heavy atom. The molecule has 3 aromatic rings. The second kappa shape index (κ2) is 15.3. The van der Waals surface area contributed by atoms with Gasteiger partial charge in [0, 0.05) is 54.1 Å². The maximum Gasteiger partial charge on any atom is 0.459 e. The zero-order valence-electron chi connectivity index (χ0n) is 29.2. The average molecular weight is 685 g/mol. The van der Waals surface area contributed by atoms with Crippen LogP contribution in [0.15, 0.2) is 47.4 Å². The van der Waals surface area contributed by atoms with Gasteiger partial charge in [0.15, 0.2) is 0 Å². The number of morpholine rings is 1. The molecule has 12 nitrogen and oxygen atoms in total. The standard InChI is InChI=1S/C35H49N4O8P/c1-9-46-48(43,38-23(2)33(42)45-19-16-39-14-17-44-18-15-39)47-30-21-29(26(34(3,4)5)20-27(30)35(6,7)8)37-32(41)25-22-36-28-13-11-10-12-24(28)31(25)40/h10-13,20-23H,9,14-19H2,1-8H3,(H,36,40)(H,37,41)(H,38,43)/t23-,48-/m0/s1.